The fraction of sp³-hybridized carbons (Fsp3) is 0. The standard InChI is InChI=1S/As.5FH.Sb/h;5*1H;/q;;;;;;+5/p-5. The number of rotatable bonds is 0. The Morgan fingerprint density at radius 2 is 0.714 bits per heavy atom. The summed E-state index contributed by atoms with van der Waals surface area (Å²) >= 11 is -9.19. The molecule has 0 aromatic rings. The van der Waals surface area contributed by atoms with E-state index in [9.17, 15) is 14.1 Å². The monoisotopic (exact) mass is 291 g/mol. The fourth-order valence-corrected chi connectivity index (χ4v) is 0. The van der Waals surface area contributed by atoms with E-state index in [0.717, 1.165) is 0 Å². The molecule has 45 valence electrons. The van der Waals surface area contributed by atoms with Crippen molar-refractivity contribution in [1.82, 2.24) is 0 Å². The molecule has 0 N–H and O–H groups in total. The molecule has 0 amide bonds. The normalized spacial score (nSPS) is 16.4. The summed E-state index contributed by atoms with van der Waals surface area (Å²) in [5.74, 6) is 0. The van der Waals surface area contributed by atoms with Crippen molar-refractivity contribution in [2.24, 2.45) is 0 Å². The van der Waals surface area contributed by atoms with Gasteiger partial charge in [-0.2, -0.15) is 0 Å². The zero-order valence-electron chi connectivity index (χ0n) is 2.78. The van der Waals surface area contributed by atoms with Gasteiger partial charge in [0.05, 0.1) is 0 Å². The van der Waals surface area contributed by atoms with Crippen molar-refractivity contribution >= 4 is 38.3 Å². The second kappa shape index (κ2) is 2.10. The molecule has 0 heterocycles. The summed E-state index contributed by atoms with van der Waals surface area (Å²) in [5, 5.41) is 0. The molecule has 0 aromatic heterocycles. The van der Waals surface area contributed by atoms with Gasteiger partial charge in [0, 0.05) is 18.0 Å². The van der Waals surface area contributed by atoms with E-state index in [4.69, 9.17) is 0 Å². The first-order chi connectivity index (χ1) is 2.24. The first-order valence-electron chi connectivity index (χ1n) is 0.845. The van der Waals surface area contributed by atoms with Gasteiger partial charge in [-0.25, -0.2) is 0 Å². The van der Waals surface area contributed by atoms with Crippen LogP contribution in [0.25, 0.3) is 0 Å². The molecule has 0 rings (SSSR count). The molecule has 0 saturated carbocycles. The van der Waals surface area contributed by atoms with Crippen LogP contribution in [0.5, 0.6) is 0 Å². The van der Waals surface area contributed by atoms with E-state index in [1.165, 1.54) is 0 Å². The summed E-state index contributed by atoms with van der Waals surface area (Å²) in [5.41, 5.74) is 0. The maximum atomic E-state index is 9.91. The first-order valence-corrected chi connectivity index (χ1v) is 5.67. The topological polar surface area (TPSA) is 0 Å². The third-order valence-corrected chi connectivity index (χ3v) is 0. The van der Waals surface area contributed by atoms with Crippen LogP contribution in [0.1, 0.15) is 0 Å². The van der Waals surface area contributed by atoms with Gasteiger partial charge in [0.25, 0.3) is 0 Å². The van der Waals surface area contributed by atoms with E-state index < -0.39 is 20.3 Å². The predicted molar refractivity (Wildman–Crippen MR) is 17.0 cm³/mol. The van der Waals surface area contributed by atoms with Crippen molar-refractivity contribution in [1.29, 1.82) is 0 Å². The number of hydrogen-bond donors (Lipinski definition) is 0. The summed E-state index contributed by atoms with van der Waals surface area (Å²) in [7, 11) is 0. The molecular weight excluding hydrogens is 292 g/mol. The Hall–Kier alpha value is 1.03. The Labute approximate surface area is 52.4 Å². The molecule has 0 fully saturated rings. The molecule has 3 radical (unpaired) electrons. The van der Waals surface area contributed by atoms with Gasteiger partial charge >= 0.3 is 34.4 Å². The Morgan fingerprint density at radius 1 is 0.714 bits per heavy atom. The van der Waals surface area contributed by atoms with E-state index in [1.54, 1.807) is 0 Å². The SMILES string of the molecule is [As].[F][Sb]([F])([F])([F])[F]. The van der Waals surface area contributed by atoms with Crippen molar-refractivity contribution in [2.45, 2.75) is 0 Å². The van der Waals surface area contributed by atoms with Crippen LogP contribution in [-0.2, 0) is 0 Å². The molecule has 0 aliphatic carbocycles. The second-order valence-corrected chi connectivity index (χ2v) is 4.29. The maximum absolute atomic E-state index is 9.91. The van der Waals surface area contributed by atoms with Crippen LogP contribution in [0.2, 0.25) is 0 Å². The molecule has 0 aromatic carbocycles. The number of halogens is 5. The van der Waals surface area contributed by atoms with Crippen molar-refractivity contribution in [3.8, 4) is 0 Å². The third kappa shape index (κ3) is 168. The molecule has 0 saturated heterocycles. The molecule has 0 aliphatic rings. The second-order valence-electron chi connectivity index (χ2n) is 0.639. The van der Waals surface area contributed by atoms with Crippen molar-refractivity contribution in [3.05, 3.63) is 0 Å². The Bertz CT molecular complexity index is 41.3. The molecule has 0 nitrogen and oxygen atoms in total. The summed E-state index contributed by atoms with van der Waals surface area (Å²) < 4.78 is 49.6. The Balaban J connectivity index is 0. The van der Waals surface area contributed by atoms with E-state index in [1.807, 2.05) is 0 Å². The summed E-state index contributed by atoms with van der Waals surface area (Å²) in [6, 6.07) is 0. The third-order valence-electron chi connectivity index (χ3n) is 0. The molecule has 0 spiro atoms. The zero-order valence-corrected chi connectivity index (χ0v) is 7.21. The average Bonchev–Trinajstić information content (AvgIpc) is 0.650. The predicted octanol–water partition coefficient (Wildman–Crippen LogP) is 1.34. The average molecular weight is 292 g/mol. The van der Waals surface area contributed by atoms with E-state index in [-0.39, 0.29) is 18.0 Å². The quantitative estimate of drug-likeness (QED) is 0.467. The Morgan fingerprint density at radius 3 is 0.714 bits per heavy atom. The van der Waals surface area contributed by atoms with Gasteiger partial charge in [-0.15, -0.1) is 0 Å². The summed E-state index contributed by atoms with van der Waals surface area (Å²) in [6.07, 6.45) is 0. The van der Waals surface area contributed by atoms with Gasteiger partial charge in [-0.1, -0.05) is 0 Å². The van der Waals surface area contributed by atoms with Crippen LogP contribution in [0.3, 0.4) is 0 Å². The van der Waals surface area contributed by atoms with E-state index in [0.29, 0.717) is 0 Å². The molecular formula is AsF5Sb. The van der Waals surface area contributed by atoms with Crippen molar-refractivity contribution < 1.29 is 14.1 Å². The molecule has 0 unspecified atom stereocenters. The summed E-state index contributed by atoms with van der Waals surface area (Å²) in [4.78, 5) is 0. The first kappa shape index (κ1) is 10.9. The van der Waals surface area contributed by atoms with Gasteiger partial charge in [-0.3, -0.25) is 0 Å². The van der Waals surface area contributed by atoms with Gasteiger partial charge in [0.1, 0.15) is 0 Å². The van der Waals surface area contributed by atoms with Gasteiger partial charge in [-0.05, 0) is 0 Å². The molecule has 7 heavy (non-hydrogen) atoms. The number of hydrogen-bond acceptors (Lipinski definition) is 0. The molecule has 0 atom stereocenters. The van der Waals surface area contributed by atoms with Gasteiger partial charge in [0.2, 0.25) is 0 Å². The zero-order chi connectivity index (χ0) is 5.45. The van der Waals surface area contributed by atoms with Crippen LogP contribution < -0.4 is 0 Å². The minimum atomic E-state index is -9.19. The van der Waals surface area contributed by atoms with Gasteiger partial charge < -0.3 is 0 Å². The van der Waals surface area contributed by atoms with Crippen LogP contribution in [0, 0.1) is 0 Å². The van der Waals surface area contributed by atoms with Crippen LogP contribution >= 0.6 is 0 Å². The van der Waals surface area contributed by atoms with Crippen LogP contribution in [-0.4, -0.2) is 38.3 Å². The van der Waals surface area contributed by atoms with E-state index >= 15 is 0 Å². The summed E-state index contributed by atoms with van der Waals surface area (Å²) in [6.45, 7) is 0. The molecule has 0 aliphatic heterocycles. The fourth-order valence-electron chi connectivity index (χ4n) is 0. The van der Waals surface area contributed by atoms with E-state index in [2.05, 4.69) is 0 Å². The molecule has 0 bridgehead atoms. The van der Waals surface area contributed by atoms with Crippen LogP contribution in [0.15, 0.2) is 0 Å². The Kier molecular flexibility index (Phi) is 3.27. The molecule has 7 heteroatoms. The van der Waals surface area contributed by atoms with Crippen molar-refractivity contribution in [2.75, 3.05) is 0 Å². The van der Waals surface area contributed by atoms with Crippen LogP contribution in [0.4, 0.5) is 14.1 Å². The van der Waals surface area contributed by atoms with Crippen molar-refractivity contribution in [3.63, 3.8) is 0 Å². The minimum absolute atomic E-state index is 0. The van der Waals surface area contributed by atoms with Gasteiger partial charge in [0.15, 0.2) is 0 Å².